The predicted molar refractivity (Wildman–Crippen MR) is 112 cm³/mol. The summed E-state index contributed by atoms with van der Waals surface area (Å²) in [6, 6.07) is 10.1. The van der Waals surface area contributed by atoms with Crippen LogP contribution in [0.2, 0.25) is 0 Å². The quantitative estimate of drug-likeness (QED) is 0.515. The van der Waals surface area contributed by atoms with E-state index in [-0.39, 0.29) is 4.90 Å². The van der Waals surface area contributed by atoms with Crippen molar-refractivity contribution in [3.05, 3.63) is 48.5 Å². The number of amides is 3. The summed E-state index contributed by atoms with van der Waals surface area (Å²) in [6.07, 6.45) is 0. The molecule has 0 radical (unpaired) electrons. The van der Waals surface area contributed by atoms with Gasteiger partial charge in [-0.05, 0) is 31.2 Å². The number of imide groups is 1. The van der Waals surface area contributed by atoms with Crippen molar-refractivity contribution in [2.24, 2.45) is 0 Å². The molecule has 11 nitrogen and oxygen atoms in total. The molecule has 2 aromatic rings. The number of rotatable bonds is 7. The minimum atomic E-state index is -3.94. The van der Waals surface area contributed by atoms with E-state index in [1.165, 1.54) is 31.2 Å². The van der Waals surface area contributed by atoms with Gasteiger partial charge >= 0.3 is 12.0 Å². The number of esters is 1. The highest BCUT2D eigenvalue weighted by atomic mass is 32.2. The summed E-state index contributed by atoms with van der Waals surface area (Å²) in [7, 11) is -3.94. The normalized spacial score (nSPS) is 13.5. The predicted octanol–water partition coefficient (Wildman–Crippen LogP) is 1.02. The molecule has 12 heteroatoms. The highest BCUT2D eigenvalue weighted by Gasteiger charge is 2.24. The van der Waals surface area contributed by atoms with Crippen molar-refractivity contribution < 1.29 is 37.0 Å². The molecule has 0 spiro atoms. The molecule has 32 heavy (non-hydrogen) atoms. The molecule has 0 aliphatic carbocycles. The number of hydrogen-bond acceptors (Lipinski definition) is 8. The van der Waals surface area contributed by atoms with Crippen LogP contribution in [0.5, 0.6) is 11.5 Å². The van der Waals surface area contributed by atoms with Gasteiger partial charge in [-0.15, -0.1) is 0 Å². The van der Waals surface area contributed by atoms with Crippen molar-refractivity contribution in [2.45, 2.75) is 17.9 Å². The van der Waals surface area contributed by atoms with Crippen LogP contribution < -0.4 is 24.8 Å². The molecule has 0 fully saturated rings. The zero-order valence-corrected chi connectivity index (χ0v) is 17.8. The van der Waals surface area contributed by atoms with Crippen LogP contribution in [0.15, 0.2) is 53.4 Å². The van der Waals surface area contributed by atoms with Crippen LogP contribution in [-0.4, -0.2) is 52.2 Å². The van der Waals surface area contributed by atoms with E-state index in [2.05, 4.69) is 10.0 Å². The number of fused-ring (bicyclic) bond motifs is 1. The lowest BCUT2D eigenvalue weighted by atomic mass is 10.2. The van der Waals surface area contributed by atoms with Crippen LogP contribution in [0.25, 0.3) is 0 Å². The molecule has 1 atom stereocenters. The molecule has 1 aliphatic rings. The second-order valence-corrected chi connectivity index (χ2v) is 8.34. The van der Waals surface area contributed by atoms with Gasteiger partial charge in [0, 0.05) is 11.8 Å². The molecular formula is C20H21N3O8S. The Morgan fingerprint density at radius 1 is 1.03 bits per heavy atom. The first-order valence-corrected chi connectivity index (χ1v) is 11.0. The van der Waals surface area contributed by atoms with E-state index >= 15 is 0 Å². The molecular weight excluding hydrogens is 442 g/mol. The van der Waals surface area contributed by atoms with E-state index < -0.39 is 40.6 Å². The van der Waals surface area contributed by atoms with Crippen molar-refractivity contribution in [2.75, 3.05) is 25.1 Å². The Balaban J connectivity index is 1.44. The lowest BCUT2D eigenvalue weighted by Crippen LogP contribution is -2.42. The van der Waals surface area contributed by atoms with Crippen molar-refractivity contribution in [1.29, 1.82) is 0 Å². The summed E-state index contributed by atoms with van der Waals surface area (Å²) in [5.41, 5.74) is 0.362. The van der Waals surface area contributed by atoms with Gasteiger partial charge in [-0.25, -0.2) is 13.2 Å². The molecule has 0 saturated heterocycles. The van der Waals surface area contributed by atoms with E-state index in [9.17, 15) is 22.8 Å². The summed E-state index contributed by atoms with van der Waals surface area (Å²) in [5, 5.41) is 4.44. The average molecular weight is 463 g/mol. The number of anilines is 1. The van der Waals surface area contributed by atoms with Crippen LogP contribution in [0.1, 0.15) is 6.92 Å². The minimum Gasteiger partial charge on any atom is -0.486 e. The number of urea groups is 1. The highest BCUT2D eigenvalue weighted by molar-refractivity contribution is 7.89. The fourth-order valence-electron chi connectivity index (χ4n) is 2.66. The van der Waals surface area contributed by atoms with E-state index in [4.69, 9.17) is 14.2 Å². The van der Waals surface area contributed by atoms with Gasteiger partial charge in [-0.3, -0.25) is 14.9 Å². The average Bonchev–Trinajstić information content (AvgIpc) is 2.77. The molecule has 0 unspecified atom stereocenters. The molecule has 1 aliphatic heterocycles. The largest absolute Gasteiger partial charge is 0.486 e. The van der Waals surface area contributed by atoms with Crippen LogP contribution >= 0.6 is 0 Å². The number of benzene rings is 2. The zero-order valence-electron chi connectivity index (χ0n) is 17.0. The first-order chi connectivity index (χ1) is 15.2. The number of sulfonamides is 1. The lowest BCUT2D eigenvalue weighted by Gasteiger charge is -2.19. The Hall–Kier alpha value is -3.64. The summed E-state index contributed by atoms with van der Waals surface area (Å²) >= 11 is 0. The summed E-state index contributed by atoms with van der Waals surface area (Å²) < 4.78 is 42.2. The number of nitrogens with one attached hydrogen (secondary N) is 3. The van der Waals surface area contributed by atoms with Crippen molar-refractivity contribution >= 4 is 33.6 Å². The SMILES string of the molecule is C[C@@H](NS(=O)(=O)c1ccccc1)C(=O)OCC(=O)NC(=O)Nc1ccc2c(c1)OCCO2. The van der Waals surface area contributed by atoms with Crippen molar-refractivity contribution in [3.8, 4) is 11.5 Å². The molecule has 3 N–H and O–H groups in total. The van der Waals surface area contributed by atoms with E-state index in [0.29, 0.717) is 30.4 Å². The number of hydrogen-bond donors (Lipinski definition) is 3. The molecule has 3 rings (SSSR count). The first-order valence-electron chi connectivity index (χ1n) is 9.49. The Morgan fingerprint density at radius 3 is 2.44 bits per heavy atom. The Bertz CT molecular complexity index is 1110. The Morgan fingerprint density at radius 2 is 1.72 bits per heavy atom. The van der Waals surface area contributed by atoms with E-state index in [1.54, 1.807) is 24.3 Å². The second kappa shape index (κ2) is 10.1. The third-order valence-corrected chi connectivity index (χ3v) is 5.69. The van der Waals surface area contributed by atoms with Crippen LogP contribution in [0.4, 0.5) is 10.5 Å². The maximum absolute atomic E-state index is 12.2. The maximum atomic E-state index is 12.2. The number of ether oxygens (including phenoxy) is 3. The fourth-order valence-corrected chi connectivity index (χ4v) is 3.87. The van der Waals surface area contributed by atoms with E-state index in [1.807, 2.05) is 5.32 Å². The monoisotopic (exact) mass is 463 g/mol. The molecule has 170 valence electrons. The van der Waals surface area contributed by atoms with Gasteiger partial charge in [0.05, 0.1) is 4.90 Å². The Labute approximate surface area is 184 Å². The summed E-state index contributed by atoms with van der Waals surface area (Å²) in [4.78, 5) is 35.8. The molecule has 2 aromatic carbocycles. The summed E-state index contributed by atoms with van der Waals surface area (Å²) in [6.45, 7) is 1.31. The maximum Gasteiger partial charge on any atom is 0.325 e. The van der Waals surface area contributed by atoms with Gasteiger partial charge in [-0.1, -0.05) is 18.2 Å². The zero-order chi connectivity index (χ0) is 23.1. The minimum absolute atomic E-state index is 0.0202. The first kappa shape index (κ1) is 23.0. The third-order valence-electron chi connectivity index (χ3n) is 4.14. The number of carbonyl (C=O) groups is 3. The standard InChI is InChI=1S/C20H21N3O8S/c1-13(23-32(27,28)15-5-3-2-4-6-15)19(25)31-12-18(24)22-20(26)21-14-7-8-16-17(11-14)30-10-9-29-16/h2-8,11,13,23H,9-10,12H2,1H3,(H2,21,22,24,26)/t13-/m1/s1. The smallest absolute Gasteiger partial charge is 0.325 e. The van der Waals surface area contributed by atoms with Crippen molar-refractivity contribution in [1.82, 2.24) is 10.0 Å². The molecule has 0 bridgehead atoms. The van der Waals surface area contributed by atoms with Crippen LogP contribution in [-0.2, 0) is 24.3 Å². The molecule has 0 aromatic heterocycles. The molecule has 1 heterocycles. The van der Waals surface area contributed by atoms with Gasteiger partial charge in [0.15, 0.2) is 18.1 Å². The van der Waals surface area contributed by atoms with Gasteiger partial charge in [0.2, 0.25) is 10.0 Å². The second-order valence-electron chi connectivity index (χ2n) is 6.62. The van der Waals surface area contributed by atoms with Crippen LogP contribution in [0.3, 0.4) is 0 Å². The Kier molecular flexibility index (Phi) is 7.28. The fraction of sp³-hybridized carbons (Fsp3) is 0.250. The lowest BCUT2D eigenvalue weighted by molar-refractivity contribution is -0.149. The van der Waals surface area contributed by atoms with Gasteiger partial charge in [-0.2, -0.15) is 4.72 Å². The van der Waals surface area contributed by atoms with Gasteiger partial charge in [0.1, 0.15) is 19.3 Å². The highest BCUT2D eigenvalue weighted by Crippen LogP contribution is 2.32. The number of carbonyl (C=O) groups excluding carboxylic acids is 3. The summed E-state index contributed by atoms with van der Waals surface area (Å²) in [5.74, 6) is -0.873. The van der Waals surface area contributed by atoms with E-state index in [0.717, 1.165) is 0 Å². The van der Waals surface area contributed by atoms with Crippen molar-refractivity contribution in [3.63, 3.8) is 0 Å². The third kappa shape index (κ3) is 6.18. The molecule has 0 saturated carbocycles. The topological polar surface area (TPSA) is 149 Å². The van der Waals surface area contributed by atoms with Crippen LogP contribution in [0, 0.1) is 0 Å². The van der Waals surface area contributed by atoms with Gasteiger partial charge < -0.3 is 19.5 Å². The van der Waals surface area contributed by atoms with Gasteiger partial charge in [0.25, 0.3) is 5.91 Å². The molecule has 3 amide bonds.